The molecule has 0 atom stereocenters. The normalized spacial score (nSPS) is 13.5. The van der Waals surface area contributed by atoms with Crippen molar-refractivity contribution in [2.24, 2.45) is 0 Å². The van der Waals surface area contributed by atoms with Gasteiger partial charge in [-0.2, -0.15) is 0 Å². The molecule has 1 fully saturated rings. The van der Waals surface area contributed by atoms with E-state index in [0.717, 1.165) is 30.5 Å². The minimum absolute atomic E-state index is 0.121. The standard InChI is InChI=1S/C22H24N2O4/c1-16(25)28-20-11-9-18(10-12-20)17-5-7-19(8-6-17)22(27)23-13-3-15-24-14-2-4-21(24)26/h5-12H,2-4,13-15H2,1H3,(H,23,27). The first-order valence-electron chi connectivity index (χ1n) is 9.48. The lowest BCUT2D eigenvalue weighted by Crippen LogP contribution is -2.30. The number of rotatable bonds is 7. The average Bonchev–Trinajstić information content (AvgIpc) is 3.10. The topological polar surface area (TPSA) is 75.7 Å². The first kappa shape index (κ1) is 19.6. The summed E-state index contributed by atoms with van der Waals surface area (Å²) in [6.07, 6.45) is 2.33. The van der Waals surface area contributed by atoms with E-state index in [1.165, 1.54) is 6.92 Å². The fraction of sp³-hybridized carbons (Fsp3) is 0.318. The maximum absolute atomic E-state index is 12.3. The quantitative estimate of drug-likeness (QED) is 0.455. The summed E-state index contributed by atoms with van der Waals surface area (Å²) < 4.78 is 5.03. The van der Waals surface area contributed by atoms with E-state index >= 15 is 0 Å². The van der Waals surface area contributed by atoms with Gasteiger partial charge in [0.15, 0.2) is 0 Å². The molecule has 6 nitrogen and oxygen atoms in total. The highest BCUT2D eigenvalue weighted by Gasteiger charge is 2.19. The Morgan fingerprint density at radius 2 is 1.68 bits per heavy atom. The lowest BCUT2D eigenvalue weighted by molar-refractivity contribution is -0.132. The van der Waals surface area contributed by atoms with Crippen LogP contribution in [0.5, 0.6) is 5.75 Å². The monoisotopic (exact) mass is 380 g/mol. The molecule has 2 aromatic rings. The van der Waals surface area contributed by atoms with Gasteiger partial charge >= 0.3 is 5.97 Å². The number of likely N-dealkylation sites (tertiary alicyclic amines) is 1. The number of hydrogen-bond acceptors (Lipinski definition) is 4. The van der Waals surface area contributed by atoms with Crippen LogP contribution in [-0.4, -0.2) is 42.3 Å². The molecule has 6 heteroatoms. The Morgan fingerprint density at radius 1 is 1.04 bits per heavy atom. The van der Waals surface area contributed by atoms with Gasteiger partial charge in [-0.3, -0.25) is 14.4 Å². The molecular formula is C22H24N2O4. The fourth-order valence-corrected chi connectivity index (χ4v) is 3.21. The second-order valence-electron chi connectivity index (χ2n) is 6.79. The summed E-state index contributed by atoms with van der Waals surface area (Å²) in [5.74, 6) is 0.241. The number of nitrogens with one attached hydrogen (secondary N) is 1. The third-order valence-electron chi connectivity index (χ3n) is 4.66. The van der Waals surface area contributed by atoms with Crippen molar-refractivity contribution in [3.05, 3.63) is 54.1 Å². The van der Waals surface area contributed by atoms with Gasteiger partial charge < -0.3 is 15.0 Å². The molecule has 0 radical (unpaired) electrons. The van der Waals surface area contributed by atoms with Crippen LogP contribution in [0.15, 0.2) is 48.5 Å². The number of nitrogens with zero attached hydrogens (tertiary/aromatic N) is 1. The van der Waals surface area contributed by atoms with Crippen molar-refractivity contribution in [3.8, 4) is 16.9 Å². The molecule has 0 aromatic heterocycles. The van der Waals surface area contributed by atoms with Crippen LogP contribution in [0, 0.1) is 0 Å². The van der Waals surface area contributed by atoms with Crippen molar-refractivity contribution in [2.75, 3.05) is 19.6 Å². The lowest BCUT2D eigenvalue weighted by atomic mass is 10.0. The summed E-state index contributed by atoms with van der Waals surface area (Å²) >= 11 is 0. The molecule has 1 N–H and O–H groups in total. The van der Waals surface area contributed by atoms with Gasteiger partial charge in [0.1, 0.15) is 5.75 Å². The van der Waals surface area contributed by atoms with Gasteiger partial charge in [0.2, 0.25) is 5.91 Å². The van der Waals surface area contributed by atoms with Crippen LogP contribution in [0.4, 0.5) is 0 Å². The summed E-state index contributed by atoms with van der Waals surface area (Å²) in [6, 6.07) is 14.6. The van der Waals surface area contributed by atoms with E-state index in [2.05, 4.69) is 5.32 Å². The molecule has 0 aliphatic carbocycles. The Labute approximate surface area is 164 Å². The molecule has 2 amide bonds. The summed E-state index contributed by atoms with van der Waals surface area (Å²) in [6.45, 7) is 3.43. The highest BCUT2D eigenvalue weighted by Crippen LogP contribution is 2.23. The van der Waals surface area contributed by atoms with E-state index in [1.807, 2.05) is 29.2 Å². The van der Waals surface area contributed by atoms with Gasteiger partial charge in [0.05, 0.1) is 0 Å². The number of ether oxygens (including phenoxy) is 1. The van der Waals surface area contributed by atoms with Crippen molar-refractivity contribution in [1.82, 2.24) is 10.2 Å². The summed E-state index contributed by atoms with van der Waals surface area (Å²) in [5.41, 5.74) is 2.54. The Bertz CT molecular complexity index is 844. The number of carbonyl (C=O) groups is 3. The van der Waals surface area contributed by atoms with Gasteiger partial charge in [-0.15, -0.1) is 0 Å². The number of amides is 2. The minimum atomic E-state index is -0.352. The van der Waals surface area contributed by atoms with E-state index in [1.54, 1.807) is 24.3 Å². The molecule has 0 saturated carbocycles. The molecule has 3 rings (SSSR count). The summed E-state index contributed by atoms with van der Waals surface area (Å²) in [5, 5.41) is 2.90. The van der Waals surface area contributed by atoms with Crippen LogP contribution >= 0.6 is 0 Å². The largest absolute Gasteiger partial charge is 0.427 e. The SMILES string of the molecule is CC(=O)Oc1ccc(-c2ccc(C(=O)NCCCN3CCCC3=O)cc2)cc1. The van der Waals surface area contributed by atoms with Gasteiger partial charge in [-0.05, 0) is 48.2 Å². The Kier molecular flexibility index (Phi) is 6.42. The molecule has 0 bridgehead atoms. The molecular weight excluding hydrogens is 356 g/mol. The van der Waals surface area contributed by atoms with Crippen molar-refractivity contribution in [2.45, 2.75) is 26.2 Å². The van der Waals surface area contributed by atoms with E-state index in [-0.39, 0.29) is 17.8 Å². The van der Waals surface area contributed by atoms with Crippen LogP contribution in [-0.2, 0) is 9.59 Å². The molecule has 28 heavy (non-hydrogen) atoms. The van der Waals surface area contributed by atoms with Crippen LogP contribution in [0.1, 0.15) is 36.5 Å². The molecule has 0 spiro atoms. The molecule has 2 aromatic carbocycles. The molecule has 1 heterocycles. The van der Waals surface area contributed by atoms with E-state index in [4.69, 9.17) is 4.74 Å². The zero-order chi connectivity index (χ0) is 19.9. The summed E-state index contributed by atoms with van der Waals surface area (Å²) in [4.78, 5) is 36.6. The van der Waals surface area contributed by atoms with Crippen LogP contribution < -0.4 is 10.1 Å². The van der Waals surface area contributed by atoms with Gasteiger partial charge in [0, 0.05) is 38.5 Å². The van der Waals surface area contributed by atoms with Crippen LogP contribution in [0.25, 0.3) is 11.1 Å². The van der Waals surface area contributed by atoms with E-state index in [9.17, 15) is 14.4 Å². The maximum atomic E-state index is 12.3. The van der Waals surface area contributed by atoms with Crippen molar-refractivity contribution in [3.63, 3.8) is 0 Å². The smallest absolute Gasteiger partial charge is 0.308 e. The predicted octanol–water partition coefficient (Wildman–Crippen LogP) is 3.02. The van der Waals surface area contributed by atoms with Crippen molar-refractivity contribution >= 4 is 17.8 Å². The first-order chi connectivity index (χ1) is 13.5. The van der Waals surface area contributed by atoms with Gasteiger partial charge in [-0.1, -0.05) is 24.3 Å². The molecule has 0 unspecified atom stereocenters. The zero-order valence-electron chi connectivity index (χ0n) is 15.9. The molecule has 1 aliphatic heterocycles. The van der Waals surface area contributed by atoms with E-state index in [0.29, 0.717) is 30.8 Å². The van der Waals surface area contributed by atoms with Crippen molar-refractivity contribution in [1.29, 1.82) is 0 Å². The Morgan fingerprint density at radius 3 is 2.25 bits per heavy atom. The second-order valence-corrected chi connectivity index (χ2v) is 6.79. The maximum Gasteiger partial charge on any atom is 0.308 e. The molecule has 1 saturated heterocycles. The second kappa shape index (κ2) is 9.17. The summed E-state index contributed by atoms with van der Waals surface area (Å²) in [7, 11) is 0. The highest BCUT2D eigenvalue weighted by atomic mass is 16.5. The predicted molar refractivity (Wildman–Crippen MR) is 106 cm³/mol. The number of esters is 1. The number of carbonyl (C=O) groups excluding carboxylic acids is 3. The lowest BCUT2D eigenvalue weighted by Gasteiger charge is -2.15. The average molecular weight is 380 g/mol. The fourth-order valence-electron chi connectivity index (χ4n) is 3.21. The van der Waals surface area contributed by atoms with Gasteiger partial charge in [0.25, 0.3) is 5.91 Å². The minimum Gasteiger partial charge on any atom is -0.427 e. The highest BCUT2D eigenvalue weighted by molar-refractivity contribution is 5.94. The Hall–Kier alpha value is -3.15. The van der Waals surface area contributed by atoms with Gasteiger partial charge in [-0.25, -0.2) is 0 Å². The zero-order valence-corrected chi connectivity index (χ0v) is 15.9. The first-order valence-corrected chi connectivity index (χ1v) is 9.48. The third-order valence-corrected chi connectivity index (χ3v) is 4.66. The number of benzene rings is 2. The molecule has 146 valence electrons. The number of hydrogen-bond donors (Lipinski definition) is 1. The molecule has 1 aliphatic rings. The third kappa shape index (κ3) is 5.19. The van der Waals surface area contributed by atoms with Crippen molar-refractivity contribution < 1.29 is 19.1 Å². The van der Waals surface area contributed by atoms with Crippen LogP contribution in [0.3, 0.4) is 0 Å². The Balaban J connectivity index is 1.49. The van der Waals surface area contributed by atoms with Crippen LogP contribution in [0.2, 0.25) is 0 Å². The van der Waals surface area contributed by atoms with E-state index < -0.39 is 0 Å².